The van der Waals surface area contributed by atoms with Crippen LogP contribution in [0.2, 0.25) is 0 Å². The van der Waals surface area contributed by atoms with Crippen molar-refractivity contribution in [2.24, 2.45) is 0 Å². The molecule has 1 aromatic heterocycles. The molecular formula is C16H22N4S. The Morgan fingerprint density at radius 3 is 2.71 bits per heavy atom. The second kappa shape index (κ2) is 7.22. The number of aromatic nitrogens is 2. The number of rotatable bonds is 5. The molecule has 0 spiro atoms. The largest absolute Gasteiger partial charge is 0.360 e. The summed E-state index contributed by atoms with van der Waals surface area (Å²) in [6.07, 6.45) is 1.03. The Hall–Kier alpha value is -1.88. The lowest BCUT2D eigenvalue weighted by molar-refractivity contribution is 0.644. The molecule has 0 aliphatic rings. The van der Waals surface area contributed by atoms with Gasteiger partial charge in [-0.05, 0) is 38.0 Å². The molecule has 0 bridgehead atoms. The molecule has 0 aliphatic heterocycles. The van der Waals surface area contributed by atoms with Crippen LogP contribution in [0.4, 0.5) is 5.82 Å². The third-order valence-electron chi connectivity index (χ3n) is 3.39. The van der Waals surface area contributed by atoms with Gasteiger partial charge >= 0.3 is 0 Å². The second-order valence-corrected chi connectivity index (χ2v) is 5.63. The first-order valence-electron chi connectivity index (χ1n) is 7.24. The fraction of sp³-hybridized carbons (Fsp3) is 0.375. The van der Waals surface area contributed by atoms with Crippen molar-refractivity contribution in [2.75, 3.05) is 5.32 Å². The van der Waals surface area contributed by atoms with Gasteiger partial charge < -0.3 is 10.6 Å². The van der Waals surface area contributed by atoms with Crippen molar-refractivity contribution in [2.45, 2.75) is 39.8 Å². The molecule has 1 atom stereocenters. The molecule has 21 heavy (non-hydrogen) atoms. The van der Waals surface area contributed by atoms with E-state index in [1.807, 2.05) is 35.9 Å². The van der Waals surface area contributed by atoms with E-state index in [2.05, 4.69) is 41.7 Å². The monoisotopic (exact) mass is 302 g/mol. The molecule has 1 unspecified atom stereocenters. The zero-order valence-electron chi connectivity index (χ0n) is 12.8. The summed E-state index contributed by atoms with van der Waals surface area (Å²) >= 11 is 5.29. The minimum absolute atomic E-state index is 0.359. The van der Waals surface area contributed by atoms with Crippen LogP contribution in [0, 0.1) is 6.92 Å². The smallest absolute Gasteiger partial charge is 0.172 e. The van der Waals surface area contributed by atoms with Gasteiger partial charge in [-0.15, -0.1) is 0 Å². The third kappa shape index (κ3) is 4.56. The number of hydrogen-bond acceptors (Lipinski definition) is 2. The normalized spacial score (nSPS) is 12.0. The molecule has 2 rings (SSSR count). The van der Waals surface area contributed by atoms with Gasteiger partial charge in [-0.25, -0.2) is 0 Å². The zero-order valence-corrected chi connectivity index (χ0v) is 13.6. The van der Waals surface area contributed by atoms with E-state index in [4.69, 9.17) is 12.2 Å². The molecule has 4 nitrogen and oxygen atoms in total. The highest BCUT2D eigenvalue weighted by atomic mass is 32.1. The molecule has 112 valence electrons. The van der Waals surface area contributed by atoms with Crippen molar-refractivity contribution in [3.05, 3.63) is 47.7 Å². The molecule has 0 amide bonds. The van der Waals surface area contributed by atoms with Crippen molar-refractivity contribution in [3.63, 3.8) is 0 Å². The molecule has 0 radical (unpaired) electrons. The van der Waals surface area contributed by atoms with Gasteiger partial charge in [0.2, 0.25) is 0 Å². The maximum atomic E-state index is 5.29. The van der Waals surface area contributed by atoms with Gasteiger partial charge in [0.1, 0.15) is 0 Å². The molecule has 0 saturated carbocycles. The first-order valence-corrected chi connectivity index (χ1v) is 7.65. The standard InChI is InChI=1S/C16H22N4S/c1-4-12(2)17-16(21)18-15-10-13(3)20(19-15)11-14-8-6-5-7-9-14/h5-10,12H,4,11H2,1-3H3,(H2,17,18,19,21). The Labute approximate surface area is 131 Å². The highest BCUT2D eigenvalue weighted by Gasteiger charge is 2.07. The number of benzene rings is 1. The van der Waals surface area contributed by atoms with Crippen LogP contribution >= 0.6 is 12.2 Å². The number of nitrogens with zero attached hydrogens (tertiary/aromatic N) is 2. The average Bonchev–Trinajstić information content (AvgIpc) is 2.79. The Bertz CT molecular complexity index is 592. The molecule has 2 N–H and O–H groups in total. The van der Waals surface area contributed by atoms with Crippen molar-refractivity contribution in [1.29, 1.82) is 0 Å². The minimum atomic E-state index is 0.359. The number of thiocarbonyl (C=S) groups is 1. The molecule has 0 saturated heterocycles. The fourth-order valence-corrected chi connectivity index (χ4v) is 2.27. The second-order valence-electron chi connectivity index (χ2n) is 5.22. The maximum absolute atomic E-state index is 5.29. The summed E-state index contributed by atoms with van der Waals surface area (Å²) in [6, 6.07) is 12.7. The van der Waals surface area contributed by atoms with E-state index in [-0.39, 0.29) is 0 Å². The first-order chi connectivity index (χ1) is 10.1. The summed E-state index contributed by atoms with van der Waals surface area (Å²) < 4.78 is 1.98. The van der Waals surface area contributed by atoms with Crippen LogP contribution in [0.15, 0.2) is 36.4 Å². The minimum Gasteiger partial charge on any atom is -0.360 e. The molecule has 2 aromatic rings. The summed E-state index contributed by atoms with van der Waals surface area (Å²) in [6.45, 7) is 7.04. The number of hydrogen-bond donors (Lipinski definition) is 2. The van der Waals surface area contributed by atoms with Crippen LogP contribution in [0.5, 0.6) is 0 Å². The van der Waals surface area contributed by atoms with Crippen LogP contribution < -0.4 is 10.6 Å². The van der Waals surface area contributed by atoms with Crippen LogP contribution in [0.3, 0.4) is 0 Å². The van der Waals surface area contributed by atoms with Gasteiger partial charge in [-0.1, -0.05) is 37.3 Å². The van der Waals surface area contributed by atoms with Crippen LogP contribution in [-0.2, 0) is 6.54 Å². The number of anilines is 1. The average molecular weight is 302 g/mol. The summed E-state index contributed by atoms with van der Waals surface area (Å²) in [4.78, 5) is 0. The highest BCUT2D eigenvalue weighted by Crippen LogP contribution is 2.11. The zero-order chi connectivity index (χ0) is 15.2. The molecule has 1 aromatic carbocycles. The van der Waals surface area contributed by atoms with Gasteiger partial charge in [0.25, 0.3) is 0 Å². The topological polar surface area (TPSA) is 41.9 Å². The summed E-state index contributed by atoms with van der Waals surface area (Å²) in [5.74, 6) is 0.782. The Morgan fingerprint density at radius 1 is 1.33 bits per heavy atom. The third-order valence-corrected chi connectivity index (χ3v) is 3.61. The molecular weight excluding hydrogens is 280 g/mol. The number of aryl methyl sites for hydroxylation is 1. The summed E-state index contributed by atoms with van der Waals surface area (Å²) in [5, 5.41) is 11.5. The van der Waals surface area contributed by atoms with E-state index in [1.54, 1.807) is 0 Å². The van der Waals surface area contributed by atoms with Crippen molar-refractivity contribution < 1.29 is 0 Å². The predicted molar refractivity (Wildman–Crippen MR) is 91.6 cm³/mol. The SMILES string of the molecule is CCC(C)NC(=S)Nc1cc(C)n(Cc2ccccc2)n1. The van der Waals surface area contributed by atoms with E-state index >= 15 is 0 Å². The summed E-state index contributed by atoms with van der Waals surface area (Å²) in [7, 11) is 0. The predicted octanol–water partition coefficient (Wildman–Crippen LogP) is 3.32. The Kier molecular flexibility index (Phi) is 5.33. The van der Waals surface area contributed by atoms with E-state index < -0.39 is 0 Å². The van der Waals surface area contributed by atoms with Crippen LogP contribution in [-0.4, -0.2) is 20.9 Å². The van der Waals surface area contributed by atoms with E-state index in [0.717, 1.165) is 24.5 Å². The lowest BCUT2D eigenvalue weighted by Crippen LogP contribution is -2.35. The van der Waals surface area contributed by atoms with Crippen molar-refractivity contribution >= 4 is 23.1 Å². The van der Waals surface area contributed by atoms with Crippen molar-refractivity contribution in [3.8, 4) is 0 Å². The van der Waals surface area contributed by atoms with Crippen LogP contribution in [0.25, 0.3) is 0 Å². The molecule has 0 aliphatic carbocycles. The molecule has 1 heterocycles. The number of nitrogens with one attached hydrogen (secondary N) is 2. The van der Waals surface area contributed by atoms with E-state index in [1.165, 1.54) is 5.56 Å². The van der Waals surface area contributed by atoms with Gasteiger partial charge in [0, 0.05) is 17.8 Å². The lowest BCUT2D eigenvalue weighted by atomic mass is 10.2. The quantitative estimate of drug-likeness (QED) is 0.831. The van der Waals surface area contributed by atoms with E-state index in [9.17, 15) is 0 Å². The van der Waals surface area contributed by atoms with Gasteiger partial charge in [0.05, 0.1) is 6.54 Å². The first kappa shape index (κ1) is 15.5. The highest BCUT2D eigenvalue weighted by molar-refractivity contribution is 7.80. The van der Waals surface area contributed by atoms with Crippen molar-refractivity contribution in [1.82, 2.24) is 15.1 Å². The van der Waals surface area contributed by atoms with E-state index in [0.29, 0.717) is 11.2 Å². The Morgan fingerprint density at radius 2 is 2.05 bits per heavy atom. The fourth-order valence-electron chi connectivity index (χ4n) is 1.97. The summed E-state index contributed by atoms with van der Waals surface area (Å²) in [5.41, 5.74) is 2.34. The van der Waals surface area contributed by atoms with Gasteiger partial charge in [-0.3, -0.25) is 4.68 Å². The van der Waals surface area contributed by atoms with Gasteiger partial charge in [-0.2, -0.15) is 5.10 Å². The van der Waals surface area contributed by atoms with Gasteiger partial charge in [0.15, 0.2) is 10.9 Å². The van der Waals surface area contributed by atoms with Crippen LogP contribution in [0.1, 0.15) is 31.5 Å². The lowest BCUT2D eigenvalue weighted by Gasteiger charge is -2.13. The molecule has 5 heteroatoms. The molecule has 0 fully saturated rings. The Balaban J connectivity index is 2.00. The maximum Gasteiger partial charge on any atom is 0.172 e.